The number of aromatic nitrogens is 2. The Balaban J connectivity index is 1.67. The number of hydrogen-bond donors (Lipinski definition) is 3. The number of carbonyl (C=O) groups excluding carboxylic acids is 2. The first kappa shape index (κ1) is 23.8. The third kappa shape index (κ3) is 5.07. The molecule has 1 heterocycles. The fraction of sp³-hybridized carbons (Fsp3) is 0.0417. The van der Waals surface area contributed by atoms with Crippen LogP contribution in [0.5, 0.6) is 5.75 Å². The van der Waals surface area contributed by atoms with E-state index in [1.54, 1.807) is 54.6 Å². The zero-order chi connectivity index (χ0) is 25.7. The predicted molar refractivity (Wildman–Crippen MR) is 127 cm³/mol. The van der Waals surface area contributed by atoms with Crippen molar-refractivity contribution in [3.8, 4) is 5.75 Å². The molecule has 0 unspecified atom stereocenters. The molecule has 180 valence electrons. The van der Waals surface area contributed by atoms with Gasteiger partial charge in [-0.1, -0.05) is 48.2 Å². The molecule has 3 N–H and O–H groups in total. The van der Waals surface area contributed by atoms with E-state index in [0.717, 1.165) is 24.4 Å². The molecule has 0 aliphatic carbocycles. The number of nitrogens with zero attached hydrogens (tertiary/aromatic N) is 3. The van der Waals surface area contributed by atoms with Gasteiger partial charge >= 0.3 is 0 Å². The number of H-pyrrole nitrogens is 1. The van der Waals surface area contributed by atoms with Crippen LogP contribution < -0.4 is 21.4 Å². The summed E-state index contributed by atoms with van der Waals surface area (Å²) in [6.45, 7) is 0. The molecule has 0 aliphatic rings. The van der Waals surface area contributed by atoms with E-state index in [1.807, 2.05) is 0 Å². The van der Waals surface area contributed by atoms with E-state index in [1.165, 1.54) is 0 Å². The second-order valence-corrected chi connectivity index (χ2v) is 7.47. The summed E-state index contributed by atoms with van der Waals surface area (Å²) in [5, 5.41) is 36.2. The highest BCUT2D eigenvalue weighted by molar-refractivity contribution is 5.99. The highest BCUT2D eigenvalue weighted by Gasteiger charge is 2.27. The fourth-order valence-corrected chi connectivity index (χ4v) is 3.40. The molecule has 0 spiro atoms. The Bertz CT molecular complexity index is 1550. The average Bonchev–Trinajstić information content (AvgIpc) is 2.89. The van der Waals surface area contributed by atoms with Crippen molar-refractivity contribution in [2.24, 2.45) is 5.10 Å². The number of aromatic amines is 1. The number of hydrogen-bond acceptors (Lipinski definition) is 8. The van der Waals surface area contributed by atoms with Crippen LogP contribution in [0.1, 0.15) is 27.7 Å². The third-order valence-electron chi connectivity index (χ3n) is 5.16. The van der Waals surface area contributed by atoms with E-state index in [2.05, 4.69) is 26.0 Å². The van der Waals surface area contributed by atoms with Gasteiger partial charge in [0.1, 0.15) is 5.69 Å². The number of nitro groups is 1. The minimum absolute atomic E-state index is 0.0574. The first-order chi connectivity index (χ1) is 17.3. The Labute approximate surface area is 202 Å². The van der Waals surface area contributed by atoms with Crippen LogP contribution >= 0.6 is 0 Å². The smallest absolute Gasteiger partial charge is 0.272 e. The van der Waals surface area contributed by atoms with Crippen molar-refractivity contribution in [2.45, 2.75) is 6.04 Å². The molecule has 12 heteroatoms. The number of rotatable bonds is 7. The first-order valence-corrected chi connectivity index (χ1v) is 10.5. The lowest BCUT2D eigenvalue weighted by atomic mass is 10.0. The van der Waals surface area contributed by atoms with Crippen LogP contribution in [-0.4, -0.2) is 33.1 Å². The highest BCUT2D eigenvalue weighted by Crippen LogP contribution is 2.21. The number of fused-ring (bicyclic) bond motifs is 1. The number of non-ortho nitro benzene ring substituents is 1. The molecule has 0 fully saturated rings. The minimum atomic E-state index is -1.39. The average molecular weight is 485 g/mol. The standard InChI is InChI=1S/C24H18N6O6/c31-19-11-10-16(30(35)36)12-15(19)13-25-28-24(34)21(26-22(32)14-6-2-1-3-7-14)20-17-8-4-5-9-18(17)23(33)29-27-20/h1-13,21,31H,(H,26,32)(H,28,34)(H,29,33)/p-1/t21-/m1/s1. The molecule has 4 aromatic rings. The van der Waals surface area contributed by atoms with E-state index in [4.69, 9.17) is 0 Å². The molecule has 0 saturated carbocycles. The molecule has 1 atom stereocenters. The molecular weight excluding hydrogens is 468 g/mol. The molecular formula is C24H17N6O6-. The van der Waals surface area contributed by atoms with Crippen LogP contribution in [0.2, 0.25) is 0 Å². The molecule has 12 nitrogen and oxygen atoms in total. The first-order valence-electron chi connectivity index (χ1n) is 10.5. The Morgan fingerprint density at radius 3 is 2.44 bits per heavy atom. The second-order valence-electron chi connectivity index (χ2n) is 7.47. The van der Waals surface area contributed by atoms with Crippen LogP contribution in [0.3, 0.4) is 0 Å². The van der Waals surface area contributed by atoms with E-state index in [-0.39, 0.29) is 27.9 Å². The summed E-state index contributed by atoms with van der Waals surface area (Å²) in [6.07, 6.45) is 0.960. The minimum Gasteiger partial charge on any atom is -0.872 e. The molecule has 4 rings (SSSR count). The van der Waals surface area contributed by atoms with E-state index in [9.17, 15) is 29.6 Å². The molecule has 0 bridgehead atoms. The molecule has 1 aromatic heterocycles. The number of hydrazone groups is 1. The van der Waals surface area contributed by atoms with Crippen LogP contribution in [0.4, 0.5) is 5.69 Å². The van der Waals surface area contributed by atoms with Crippen molar-refractivity contribution in [3.05, 3.63) is 110 Å². The molecule has 0 saturated heterocycles. The maximum Gasteiger partial charge on any atom is 0.272 e. The number of nitro benzene ring substituents is 1. The van der Waals surface area contributed by atoms with Crippen molar-refractivity contribution in [3.63, 3.8) is 0 Å². The van der Waals surface area contributed by atoms with Gasteiger partial charge in [-0.05, 0) is 23.8 Å². The van der Waals surface area contributed by atoms with Crippen LogP contribution in [-0.2, 0) is 4.79 Å². The molecule has 36 heavy (non-hydrogen) atoms. The van der Waals surface area contributed by atoms with Crippen molar-refractivity contribution in [1.29, 1.82) is 0 Å². The number of nitrogens with one attached hydrogen (secondary N) is 3. The van der Waals surface area contributed by atoms with E-state index < -0.39 is 34.1 Å². The predicted octanol–water partition coefficient (Wildman–Crippen LogP) is 1.53. The SMILES string of the molecule is O=C(N[C@@H](C(=O)NN=Cc1cc([N+](=O)[O-])ccc1[O-])c1n[nH]c(=O)c2ccccc12)c1ccccc1. The fourth-order valence-electron chi connectivity index (χ4n) is 3.40. The monoisotopic (exact) mass is 485 g/mol. The summed E-state index contributed by atoms with van der Waals surface area (Å²) >= 11 is 0. The number of amides is 2. The lowest BCUT2D eigenvalue weighted by molar-refractivity contribution is -0.385. The maximum absolute atomic E-state index is 13.1. The Hall–Kier alpha value is -5.39. The Morgan fingerprint density at radius 1 is 1.03 bits per heavy atom. The summed E-state index contributed by atoms with van der Waals surface area (Å²) in [7, 11) is 0. The normalized spacial score (nSPS) is 11.8. The number of benzene rings is 3. The van der Waals surface area contributed by atoms with Gasteiger partial charge in [0.05, 0.1) is 16.5 Å². The third-order valence-corrected chi connectivity index (χ3v) is 5.16. The summed E-state index contributed by atoms with van der Waals surface area (Å²) in [5.74, 6) is -1.96. The van der Waals surface area contributed by atoms with Gasteiger partial charge in [0.25, 0.3) is 23.1 Å². The lowest BCUT2D eigenvalue weighted by Gasteiger charge is -2.18. The van der Waals surface area contributed by atoms with Gasteiger partial charge in [-0.25, -0.2) is 10.5 Å². The Morgan fingerprint density at radius 2 is 1.72 bits per heavy atom. The molecule has 0 aliphatic heterocycles. The van der Waals surface area contributed by atoms with Gasteiger partial charge in [-0.15, -0.1) is 0 Å². The van der Waals surface area contributed by atoms with Crippen molar-refractivity contribution >= 4 is 34.5 Å². The second kappa shape index (κ2) is 10.3. The van der Waals surface area contributed by atoms with E-state index in [0.29, 0.717) is 5.39 Å². The van der Waals surface area contributed by atoms with Gasteiger partial charge in [0, 0.05) is 23.1 Å². The topological polar surface area (TPSA) is 183 Å². The molecule has 0 radical (unpaired) electrons. The zero-order valence-electron chi connectivity index (χ0n) is 18.4. The van der Waals surface area contributed by atoms with Crippen molar-refractivity contribution in [1.82, 2.24) is 20.9 Å². The van der Waals surface area contributed by atoms with Crippen molar-refractivity contribution in [2.75, 3.05) is 0 Å². The quantitative estimate of drug-likeness (QED) is 0.201. The van der Waals surface area contributed by atoms with Crippen LogP contribution in [0.25, 0.3) is 10.8 Å². The Kier molecular flexibility index (Phi) is 6.77. The van der Waals surface area contributed by atoms with Crippen molar-refractivity contribution < 1.29 is 19.6 Å². The summed E-state index contributed by atoms with van der Waals surface area (Å²) in [5.41, 5.74) is 1.63. The van der Waals surface area contributed by atoms with Gasteiger partial charge < -0.3 is 10.4 Å². The van der Waals surface area contributed by atoms with Gasteiger partial charge in [0.2, 0.25) is 0 Å². The highest BCUT2D eigenvalue weighted by atomic mass is 16.6. The van der Waals surface area contributed by atoms with E-state index >= 15 is 0 Å². The van der Waals surface area contributed by atoms with Gasteiger partial charge in [-0.3, -0.25) is 24.5 Å². The lowest BCUT2D eigenvalue weighted by Crippen LogP contribution is -2.40. The van der Waals surface area contributed by atoms with Crippen LogP contribution in [0.15, 0.2) is 82.7 Å². The zero-order valence-corrected chi connectivity index (χ0v) is 18.4. The molecule has 3 aromatic carbocycles. The van der Waals surface area contributed by atoms with Gasteiger partial charge in [-0.2, -0.15) is 10.2 Å². The largest absolute Gasteiger partial charge is 0.872 e. The molecule has 2 amide bonds. The summed E-state index contributed by atoms with van der Waals surface area (Å²) < 4.78 is 0. The maximum atomic E-state index is 13.1. The summed E-state index contributed by atoms with van der Waals surface area (Å²) in [4.78, 5) is 48.5. The van der Waals surface area contributed by atoms with Gasteiger partial charge in [0.15, 0.2) is 6.04 Å². The van der Waals surface area contributed by atoms with Crippen LogP contribution in [0, 0.1) is 10.1 Å². The summed E-state index contributed by atoms with van der Waals surface area (Å²) in [6, 6.07) is 16.3. The number of carbonyl (C=O) groups is 2.